The zero-order chi connectivity index (χ0) is 21.5. The number of hydrogen-bond acceptors (Lipinski definition) is 4. The molecular weight excluding hydrogens is 380 g/mol. The van der Waals surface area contributed by atoms with E-state index in [1.165, 1.54) is 5.57 Å². The van der Waals surface area contributed by atoms with E-state index in [1.54, 1.807) is 14.2 Å². The molecule has 0 aliphatic rings. The zero-order valence-electron chi connectivity index (χ0n) is 18.8. The lowest BCUT2D eigenvalue weighted by molar-refractivity contribution is -0.0281. The molecule has 0 saturated carbocycles. The minimum Gasteiger partial charge on any atom is -0.497 e. The standard InChI is InChI=1S/C24H36O4Si/c1-21(12-11-13-22-15-17-23(26-3)18-16-22)24(28-29(4,5)6)14-9-7-8-10-19-27-20-25-2/h11-13,15-18,24H,9-10,14,19-20H2,1-6H3/b13-11+,21-12-. The first-order valence-electron chi connectivity index (χ1n) is 10.0. The lowest BCUT2D eigenvalue weighted by atomic mass is 10.1. The van der Waals surface area contributed by atoms with Crippen molar-refractivity contribution in [3.05, 3.63) is 47.6 Å². The lowest BCUT2D eigenvalue weighted by Crippen LogP contribution is -2.32. The van der Waals surface area contributed by atoms with Gasteiger partial charge in [0, 0.05) is 20.0 Å². The van der Waals surface area contributed by atoms with E-state index in [0.29, 0.717) is 13.4 Å². The van der Waals surface area contributed by atoms with Gasteiger partial charge in [0.15, 0.2) is 8.32 Å². The first kappa shape index (κ1) is 25.2. The van der Waals surface area contributed by atoms with Crippen molar-refractivity contribution in [2.24, 2.45) is 0 Å². The Balaban J connectivity index is 2.63. The Bertz CT molecular complexity index is 690. The highest BCUT2D eigenvalue weighted by molar-refractivity contribution is 6.69. The third-order valence-electron chi connectivity index (χ3n) is 4.00. The molecule has 1 aromatic rings. The highest BCUT2D eigenvalue weighted by Gasteiger charge is 2.21. The van der Waals surface area contributed by atoms with Crippen LogP contribution in [-0.4, -0.2) is 42.0 Å². The van der Waals surface area contributed by atoms with E-state index in [9.17, 15) is 0 Å². The molecule has 0 radical (unpaired) electrons. The van der Waals surface area contributed by atoms with E-state index < -0.39 is 8.32 Å². The van der Waals surface area contributed by atoms with Crippen molar-refractivity contribution in [2.45, 2.75) is 51.9 Å². The van der Waals surface area contributed by atoms with E-state index in [1.807, 2.05) is 24.3 Å². The van der Waals surface area contributed by atoms with Crippen LogP contribution in [0.5, 0.6) is 5.75 Å². The molecule has 1 atom stereocenters. The fraction of sp³-hybridized carbons (Fsp3) is 0.500. The Hall–Kier alpha value is -1.84. The van der Waals surface area contributed by atoms with Crippen molar-refractivity contribution in [2.75, 3.05) is 27.6 Å². The highest BCUT2D eigenvalue weighted by atomic mass is 28.4. The summed E-state index contributed by atoms with van der Waals surface area (Å²) in [5.74, 6) is 7.26. The van der Waals surface area contributed by atoms with Gasteiger partial charge in [0.05, 0.1) is 19.8 Å². The van der Waals surface area contributed by atoms with Gasteiger partial charge in [-0.25, -0.2) is 0 Å². The molecule has 5 heteroatoms. The van der Waals surface area contributed by atoms with Crippen LogP contribution in [0.2, 0.25) is 19.6 Å². The molecule has 0 amide bonds. The van der Waals surface area contributed by atoms with Crippen molar-refractivity contribution in [3.8, 4) is 17.6 Å². The summed E-state index contributed by atoms with van der Waals surface area (Å²) in [5.41, 5.74) is 2.36. The van der Waals surface area contributed by atoms with Crippen LogP contribution in [0.25, 0.3) is 6.08 Å². The summed E-state index contributed by atoms with van der Waals surface area (Å²) in [6.45, 7) is 9.72. The molecule has 1 unspecified atom stereocenters. The first-order chi connectivity index (χ1) is 13.9. The topological polar surface area (TPSA) is 36.9 Å². The van der Waals surface area contributed by atoms with Gasteiger partial charge in [0.1, 0.15) is 12.5 Å². The molecular formula is C24H36O4Si. The summed E-state index contributed by atoms with van der Waals surface area (Å²) in [5, 5.41) is 0. The molecule has 0 aliphatic heterocycles. The van der Waals surface area contributed by atoms with Gasteiger partial charge in [0.2, 0.25) is 0 Å². The van der Waals surface area contributed by atoms with Crippen LogP contribution < -0.4 is 4.74 Å². The number of methoxy groups -OCH3 is 2. The molecule has 0 saturated heterocycles. The number of benzene rings is 1. The number of rotatable bonds is 12. The van der Waals surface area contributed by atoms with Gasteiger partial charge < -0.3 is 18.6 Å². The Morgan fingerprint density at radius 1 is 1.07 bits per heavy atom. The molecule has 0 spiro atoms. The second-order valence-corrected chi connectivity index (χ2v) is 12.2. The number of ether oxygens (including phenoxy) is 3. The average molecular weight is 417 g/mol. The highest BCUT2D eigenvalue weighted by Crippen LogP contribution is 2.19. The molecule has 0 fully saturated rings. The van der Waals surface area contributed by atoms with Crippen LogP contribution in [0, 0.1) is 11.8 Å². The molecule has 29 heavy (non-hydrogen) atoms. The van der Waals surface area contributed by atoms with Crippen LogP contribution >= 0.6 is 0 Å². The summed E-state index contributed by atoms with van der Waals surface area (Å²) < 4.78 is 21.7. The van der Waals surface area contributed by atoms with E-state index in [4.69, 9.17) is 18.6 Å². The predicted octanol–water partition coefficient (Wildman–Crippen LogP) is 5.67. The van der Waals surface area contributed by atoms with Crippen molar-refractivity contribution in [1.29, 1.82) is 0 Å². The molecule has 160 valence electrons. The monoisotopic (exact) mass is 416 g/mol. The normalized spacial score (nSPS) is 13.2. The van der Waals surface area contributed by atoms with Gasteiger partial charge in [-0.1, -0.05) is 30.4 Å². The predicted molar refractivity (Wildman–Crippen MR) is 123 cm³/mol. The maximum atomic E-state index is 6.40. The van der Waals surface area contributed by atoms with Crippen molar-refractivity contribution in [1.82, 2.24) is 0 Å². The van der Waals surface area contributed by atoms with Crippen LogP contribution in [-0.2, 0) is 13.9 Å². The maximum absolute atomic E-state index is 6.40. The average Bonchev–Trinajstić information content (AvgIpc) is 2.68. The summed E-state index contributed by atoms with van der Waals surface area (Å²) in [6, 6.07) is 8.01. The quantitative estimate of drug-likeness (QED) is 0.145. The second-order valence-electron chi connectivity index (χ2n) is 7.72. The molecule has 1 rings (SSSR count). The summed E-state index contributed by atoms with van der Waals surface area (Å²) in [7, 11) is 1.65. The fourth-order valence-electron chi connectivity index (χ4n) is 2.59. The molecule has 4 nitrogen and oxygen atoms in total. The van der Waals surface area contributed by atoms with Gasteiger partial charge in [0.25, 0.3) is 0 Å². The maximum Gasteiger partial charge on any atom is 0.184 e. The number of allylic oxidation sites excluding steroid dienone is 2. The summed E-state index contributed by atoms with van der Waals surface area (Å²) in [4.78, 5) is 0. The van der Waals surface area contributed by atoms with Crippen LogP contribution in [0.15, 0.2) is 42.0 Å². The largest absolute Gasteiger partial charge is 0.497 e. The zero-order valence-corrected chi connectivity index (χ0v) is 19.8. The molecule has 0 aliphatic carbocycles. The second kappa shape index (κ2) is 14.2. The van der Waals surface area contributed by atoms with E-state index >= 15 is 0 Å². The minimum absolute atomic E-state index is 0.0984. The molecule has 0 N–H and O–H groups in total. The van der Waals surface area contributed by atoms with Crippen LogP contribution in [0.4, 0.5) is 0 Å². The van der Waals surface area contributed by atoms with Crippen molar-refractivity contribution < 1.29 is 18.6 Å². The smallest absolute Gasteiger partial charge is 0.184 e. The molecule has 1 aromatic carbocycles. The fourth-order valence-corrected chi connectivity index (χ4v) is 3.74. The Morgan fingerprint density at radius 2 is 1.76 bits per heavy atom. The van der Waals surface area contributed by atoms with Gasteiger partial charge in [-0.2, -0.15) is 0 Å². The lowest BCUT2D eigenvalue weighted by Gasteiger charge is -2.26. The summed E-state index contributed by atoms with van der Waals surface area (Å²) >= 11 is 0. The van der Waals surface area contributed by atoms with E-state index in [2.05, 4.69) is 56.6 Å². The van der Waals surface area contributed by atoms with Crippen molar-refractivity contribution >= 4 is 14.4 Å². The van der Waals surface area contributed by atoms with E-state index in [-0.39, 0.29) is 6.10 Å². The SMILES string of the molecule is COCOCCC#CCCC(O[Si](C)(C)C)/C(C)=C\C=C\c1ccc(OC)cc1. The summed E-state index contributed by atoms with van der Waals surface area (Å²) in [6.07, 6.45) is 8.84. The Morgan fingerprint density at radius 3 is 2.38 bits per heavy atom. The van der Waals surface area contributed by atoms with Crippen molar-refractivity contribution in [3.63, 3.8) is 0 Å². The van der Waals surface area contributed by atoms with Gasteiger partial charge in [-0.3, -0.25) is 0 Å². The third-order valence-corrected chi connectivity index (χ3v) is 4.99. The molecule has 0 heterocycles. The van der Waals surface area contributed by atoms with Gasteiger partial charge >= 0.3 is 0 Å². The van der Waals surface area contributed by atoms with Gasteiger partial charge in [-0.15, -0.1) is 11.8 Å². The van der Waals surface area contributed by atoms with Crippen LogP contribution in [0.3, 0.4) is 0 Å². The molecule has 0 aromatic heterocycles. The Labute approximate surface area is 178 Å². The van der Waals surface area contributed by atoms with Gasteiger partial charge in [-0.05, 0) is 56.3 Å². The Kier molecular flexibility index (Phi) is 12.3. The number of hydrogen-bond donors (Lipinski definition) is 0. The minimum atomic E-state index is -1.65. The first-order valence-corrected chi connectivity index (χ1v) is 13.5. The molecule has 0 bridgehead atoms. The third kappa shape index (κ3) is 12.3. The van der Waals surface area contributed by atoms with E-state index in [0.717, 1.165) is 30.6 Å². The van der Waals surface area contributed by atoms with Crippen LogP contribution in [0.1, 0.15) is 31.7 Å².